The van der Waals surface area contributed by atoms with Gasteiger partial charge in [0, 0.05) is 17.2 Å². The molecule has 0 aliphatic heterocycles. The molecule has 0 aromatic heterocycles. The van der Waals surface area contributed by atoms with E-state index < -0.39 is 29.1 Å². The molecule has 0 aromatic carbocycles. The van der Waals surface area contributed by atoms with Gasteiger partial charge in [0.1, 0.15) is 0 Å². The van der Waals surface area contributed by atoms with Gasteiger partial charge in [0.05, 0.1) is 13.2 Å². The van der Waals surface area contributed by atoms with Gasteiger partial charge in [0.15, 0.2) is 0 Å². The van der Waals surface area contributed by atoms with E-state index in [0.29, 0.717) is 0 Å². The molecule has 0 aliphatic rings. The molecule has 0 unspecified atom stereocenters. The standard InChI is InChI=1S/C5H9Cl2FO4S/c6-1-5(2-7,3-9)4-12-13(8,10)11/h9H,1-4H2. The summed E-state index contributed by atoms with van der Waals surface area (Å²) in [7, 11) is -5.02. The molecule has 0 amide bonds. The van der Waals surface area contributed by atoms with Crippen LogP contribution in [0.1, 0.15) is 0 Å². The first-order chi connectivity index (χ1) is 5.89. The highest BCUT2D eigenvalue weighted by Crippen LogP contribution is 2.22. The van der Waals surface area contributed by atoms with Gasteiger partial charge in [0.25, 0.3) is 0 Å². The summed E-state index contributed by atoms with van der Waals surface area (Å²) in [5, 5.41) is 8.81. The van der Waals surface area contributed by atoms with Crippen molar-refractivity contribution < 1.29 is 21.6 Å². The first kappa shape index (κ1) is 13.4. The van der Waals surface area contributed by atoms with E-state index in [4.69, 9.17) is 28.3 Å². The fraction of sp³-hybridized carbons (Fsp3) is 1.00. The highest BCUT2D eigenvalue weighted by atomic mass is 35.5. The van der Waals surface area contributed by atoms with Gasteiger partial charge in [-0.25, -0.2) is 4.18 Å². The molecule has 0 saturated heterocycles. The summed E-state index contributed by atoms with van der Waals surface area (Å²) in [6, 6.07) is 0. The minimum Gasteiger partial charge on any atom is -0.396 e. The Morgan fingerprint density at radius 1 is 1.38 bits per heavy atom. The summed E-state index contributed by atoms with van der Waals surface area (Å²) < 4.78 is 35.7. The summed E-state index contributed by atoms with van der Waals surface area (Å²) in [5.41, 5.74) is -1.12. The van der Waals surface area contributed by atoms with Gasteiger partial charge in [-0.15, -0.1) is 23.2 Å². The van der Waals surface area contributed by atoms with E-state index >= 15 is 0 Å². The molecule has 0 saturated carbocycles. The van der Waals surface area contributed by atoms with Gasteiger partial charge in [0.2, 0.25) is 0 Å². The minimum absolute atomic E-state index is 0.122. The van der Waals surface area contributed by atoms with Crippen LogP contribution in [-0.4, -0.2) is 38.5 Å². The molecule has 1 N–H and O–H groups in total. The summed E-state index contributed by atoms with van der Waals surface area (Å²) in [4.78, 5) is 0. The Kier molecular flexibility index (Phi) is 5.46. The number of aliphatic hydroxyl groups excluding tert-OH is 1. The topological polar surface area (TPSA) is 63.6 Å². The van der Waals surface area contributed by atoms with E-state index in [2.05, 4.69) is 4.18 Å². The normalized spacial score (nSPS) is 13.2. The number of halogens is 3. The maximum absolute atomic E-state index is 11.9. The Hall–Kier alpha value is 0.380. The summed E-state index contributed by atoms with van der Waals surface area (Å²) in [6.07, 6.45) is 0. The van der Waals surface area contributed by atoms with Crippen molar-refractivity contribution in [3.05, 3.63) is 0 Å². The second kappa shape index (κ2) is 5.31. The molecule has 0 radical (unpaired) electrons. The number of alkyl halides is 2. The molecule has 0 rings (SSSR count). The third kappa shape index (κ3) is 4.97. The summed E-state index contributed by atoms with van der Waals surface area (Å²) in [5.74, 6) is -0.245. The van der Waals surface area contributed by atoms with Gasteiger partial charge in [-0.2, -0.15) is 8.42 Å². The van der Waals surface area contributed by atoms with Crippen molar-refractivity contribution >= 4 is 33.7 Å². The number of aliphatic hydroxyl groups is 1. The fourth-order valence-corrected chi connectivity index (χ4v) is 1.44. The monoisotopic (exact) mass is 254 g/mol. The molecule has 8 heteroatoms. The third-order valence-electron chi connectivity index (χ3n) is 1.41. The van der Waals surface area contributed by atoms with Crippen LogP contribution in [0.25, 0.3) is 0 Å². The third-order valence-corrected chi connectivity index (χ3v) is 2.94. The second-order valence-corrected chi connectivity index (χ2v) is 4.14. The Morgan fingerprint density at radius 3 is 2.08 bits per heavy atom. The van der Waals surface area contributed by atoms with E-state index in [1.165, 1.54) is 0 Å². The Morgan fingerprint density at radius 2 is 1.85 bits per heavy atom. The minimum atomic E-state index is -5.02. The molecule has 0 aliphatic carbocycles. The lowest BCUT2D eigenvalue weighted by molar-refractivity contribution is 0.103. The van der Waals surface area contributed by atoms with Crippen LogP contribution in [0.4, 0.5) is 3.89 Å². The molecule has 0 fully saturated rings. The fourth-order valence-electron chi connectivity index (χ4n) is 0.438. The molecule has 13 heavy (non-hydrogen) atoms. The zero-order chi connectivity index (χ0) is 10.5. The molecule has 4 nitrogen and oxygen atoms in total. The van der Waals surface area contributed by atoms with Crippen LogP contribution in [0.2, 0.25) is 0 Å². The lowest BCUT2D eigenvalue weighted by atomic mass is 9.96. The molecular weight excluding hydrogens is 246 g/mol. The van der Waals surface area contributed by atoms with Crippen LogP contribution >= 0.6 is 23.2 Å². The van der Waals surface area contributed by atoms with Crippen molar-refractivity contribution in [2.24, 2.45) is 5.41 Å². The Labute approximate surface area is 86.0 Å². The molecule has 0 spiro atoms. The van der Waals surface area contributed by atoms with Crippen LogP contribution in [0.3, 0.4) is 0 Å². The van der Waals surface area contributed by atoms with Crippen LogP contribution in [0.15, 0.2) is 0 Å². The van der Waals surface area contributed by atoms with E-state index in [9.17, 15) is 12.3 Å². The van der Waals surface area contributed by atoms with Crippen molar-refractivity contribution in [1.82, 2.24) is 0 Å². The zero-order valence-electron chi connectivity index (χ0n) is 6.54. The van der Waals surface area contributed by atoms with Crippen molar-refractivity contribution in [3.63, 3.8) is 0 Å². The summed E-state index contributed by atoms with van der Waals surface area (Å²) >= 11 is 10.8. The van der Waals surface area contributed by atoms with E-state index in [0.717, 1.165) is 0 Å². The quantitative estimate of drug-likeness (QED) is 0.559. The number of rotatable bonds is 6. The number of hydrogen-bond acceptors (Lipinski definition) is 4. The van der Waals surface area contributed by atoms with Gasteiger partial charge >= 0.3 is 10.5 Å². The Balaban J connectivity index is 4.27. The van der Waals surface area contributed by atoms with Crippen LogP contribution in [0, 0.1) is 5.41 Å². The van der Waals surface area contributed by atoms with Gasteiger partial charge in [-0.1, -0.05) is 3.89 Å². The lowest BCUT2D eigenvalue weighted by Gasteiger charge is -2.24. The first-order valence-electron chi connectivity index (χ1n) is 3.21. The second-order valence-electron chi connectivity index (χ2n) is 2.58. The average molecular weight is 255 g/mol. The average Bonchev–Trinajstić information content (AvgIpc) is 2.06. The summed E-state index contributed by atoms with van der Waals surface area (Å²) in [6.45, 7) is -1.05. The molecule has 0 bridgehead atoms. The molecule has 0 atom stereocenters. The zero-order valence-corrected chi connectivity index (χ0v) is 8.87. The van der Waals surface area contributed by atoms with E-state index in [-0.39, 0.29) is 11.8 Å². The van der Waals surface area contributed by atoms with Gasteiger partial charge < -0.3 is 5.11 Å². The highest BCUT2D eigenvalue weighted by Gasteiger charge is 2.30. The maximum atomic E-state index is 11.9. The van der Waals surface area contributed by atoms with Crippen LogP contribution in [0.5, 0.6) is 0 Å². The molecule has 0 heterocycles. The van der Waals surface area contributed by atoms with Crippen molar-refractivity contribution in [2.75, 3.05) is 25.0 Å². The van der Waals surface area contributed by atoms with E-state index in [1.54, 1.807) is 0 Å². The van der Waals surface area contributed by atoms with E-state index in [1.807, 2.05) is 0 Å². The highest BCUT2D eigenvalue weighted by molar-refractivity contribution is 7.81. The van der Waals surface area contributed by atoms with Crippen molar-refractivity contribution in [2.45, 2.75) is 0 Å². The van der Waals surface area contributed by atoms with Crippen LogP contribution < -0.4 is 0 Å². The smallest absolute Gasteiger partial charge is 0.396 e. The van der Waals surface area contributed by atoms with Gasteiger partial charge in [-0.05, 0) is 0 Å². The molecule has 0 aromatic rings. The lowest BCUT2D eigenvalue weighted by Crippen LogP contribution is -2.35. The maximum Gasteiger partial charge on any atom is 0.437 e. The molecule has 80 valence electrons. The van der Waals surface area contributed by atoms with Gasteiger partial charge in [-0.3, -0.25) is 0 Å². The Bertz CT molecular complexity index is 231. The van der Waals surface area contributed by atoms with Crippen molar-refractivity contribution in [1.29, 1.82) is 0 Å². The predicted molar refractivity (Wildman–Crippen MR) is 46.9 cm³/mol. The molecular formula is C5H9Cl2FO4S. The number of hydrogen-bond donors (Lipinski definition) is 1. The first-order valence-corrected chi connectivity index (χ1v) is 5.59. The van der Waals surface area contributed by atoms with Crippen LogP contribution in [-0.2, 0) is 14.7 Å². The predicted octanol–water partition coefficient (Wildman–Crippen LogP) is 0.674. The SMILES string of the molecule is O=S(=O)(F)OCC(CO)(CCl)CCl. The largest absolute Gasteiger partial charge is 0.437 e. The van der Waals surface area contributed by atoms with Crippen molar-refractivity contribution in [3.8, 4) is 0 Å².